The lowest BCUT2D eigenvalue weighted by molar-refractivity contribution is 0.0909. The summed E-state index contributed by atoms with van der Waals surface area (Å²) in [6.45, 7) is 0.357. The number of alkyl carbamates (subject to hydrolysis) is 1. The zero-order valence-corrected chi connectivity index (χ0v) is 14.5. The number of aromatic hydroxyl groups is 1. The number of nitrogens with two attached hydrogens (primary N) is 1. The molecule has 2 rings (SSSR count). The predicted octanol–water partition coefficient (Wildman–Crippen LogP) is 1.93. The van der Waals surface area contributed by atoms with Crippen LogP contribution in [0.15, 0.2) is 30.4 Å². The number of benzene rings is 1. The van der Waals surface area contributed by atoms with E-state index in [1.807, 2.05) is 12.2 Å². The molecule has 0 heterocycles. The average molecular weight is 379 g/mol. The predicted molar refractivity (Wildman–Crippen MR) is 103 cm³/mol. The van der Waals surface area contributed by atoms with Crippen LogP contribution in [0.25, 0.3) is 0 Å². The van der Waals surface area contributed by atoms with E-state index in [2.05, 4.69) is 10.6 Å². The first-order chi connectivity index (χ1) is 12.5. The second kappa shape index (κ2) is 11.1. The van der Waals surface area contributed by atoms with Gasteiger partial charge in [-0.15, -0.1) is 0 Å². The molecule has 8 nitrogen and oxygen atoms in total. The molecule has 0 saturated heterocycles. The third-order valence-electron chi connectivity index (χ3n) is 4.01. The molecule has 6 N–H and O–H groups in total. The van der Waals surface area contributed by atoms with Crippen LogP contribution >= 0.6 is 0 Å². The summed E-state index contributed by atoms with van der Waals surface area (Å²) in [7, 11) is 0. The van der Waals surface area contributed by atoms with Crippen molar-refractivity contribution in [1.82, 2.24) is 10.6 Å². The van der Waals surface area contributed by atoms with Crippen molar-refractivity contribution in [2.75, 3.05) is 18.8 Å². The Kier molecular flexibility index (Phi) is 9.15. The smallest absolute Gasteiger partial charge is 0.407 e. The van der Waals surface area contributed by atoms with Gasteiger partial charge in [0.2, 0.25) is 0 Å². The lowest BCUT2D eigenvalue weighted by atomic mass is 10.0. The van der Waals surface area contributed by atoms with Gasteiger partial charge in [0, 0.05) is 24.8 Å². The van der Waals surface area contributed by atoms with Gasteiger partial charge in [-0.2, -0.15) is 0 Å². The highest BCUT2D eigenvalue weighted by atomic mass is 16.6. The molecule has 2 unspecified atom stereocenters. The van der Waals surface area contributed by atoms with Gasteiger partial charge in [-0.1, -0.05) is 13.5 Å². The van der Waals surface area contributed by atoms with E-state index < -0.39 is 12.0 Å². The molecule has 1 aliphatic rings. The van der Waals surface area contributed by atoms with E-state index in [1.165, 1.54) is 18.2 Å². The number of aliphatic hydroxyl groups is 1. The number of ether oxygens (including phenoxy) is 1. The lowest BCUT2D eigenvalue weighted by Crippen LogP contribution is -2.36. The molecule has 0 aliphatic heterocycles. The zero-order chi connectivity index (χ0) is 18.9. The number of anilines is 1. The first-order valence-electron chi connectivity index (χ1n) is 8.61. The Hall–Kier alpha value is -2.74. The largest absolute Gasteiger partial charge is 0.507 e. The molecule has 150 valence electrons. The Morgan fingerprint density at radius 2 is 1.93 bits per heavy atom. The molecule has 0 radical (unpaired) electrons. The summed E-state index contributed by atoms with van der Waals surface area (Å²) in [4.78, 5) is 23.8. The molecule has 0 fully saturated rings. The number of phenols is 1. The van der Waals surface area contributed by atoms with Gasteiger partial charge in [-0.25, -0.2) is 4.79 Å². The zero-order valence-electron chi connectivity index (χ0n) is 14.5. The molecule has 0 aromatic heterocycles. The lowest BCUT2D eigenvalue weighted by Gasteiger charge is -2.19. The number of amides is 2. The maximum atomic E-state index is 12.0. The molecule has 0 saturated carbocycles. The third kappa shape index (κ3) is 7.57. The van der Waals surface area contributed by atoms with Crippen LogP contribution in [-0.4, -0.2) is 47.5 Å². The summed E-state index contributed by atoms with van der Waals surface area (Å²) >= 11 is 0. The summed E-state index contributed by atoms with van der Waals surface area (Å²) in [6, 6.07) is 4.24. The fraction of sp³-hybridized carbons (Fsp3) is 0.474. The summed E-state index contributed by atoms with van der Waals surface area (Å²) in [5.41, 5.74) is 5.99. The number of carbonyl (C=O) groups is 2. The highest BCUT2D eigenvalue weighted by Crippen LogP contribution is 2.19. The second-order valence-corrected chi connectivity index (χ2v) is 6.14. The Morgan fingerprint density at radius 1 is 1.19 bits per heavy atom. The normalized spacial score (nSPS) is 20.3. The average Bonchev–Trinajstić information content (AvgIpc) is 2.58. The van der Waals surface area contributed by atoms with Crippen LogP contribution in [0, 0.1) is 0 Å². The molecular weight excluding hydrogens is 350 g/mol. The number of aliphatic hydroxyl groups excluding tert-OH is 1. The molecule has 1 aliphatic carbocycles. The first kappa shape index (κ1) is 22.3. The minimum atomic E-state index is -0.584. The van der Waals surface area contributed by atoms with Crippen LogP contribution in [0.2, 0.25) is 0 Å². The van der Waals surface area contributed by atoms with E-state index in [9.17, 15) is 19.8 Å². The van der Waals surface area contributed by atoms with Crippen LogP contribution in [0.1, 0.15) is 43.5 Å². The quantitative estimate of drug-likeness (QED) is 0.301. The van der Waals surface area contributed by atoms with Crippen molar-refractivity contribution in [3.8, 4) is 5.75 Å². The molecule has 2 amide bonds. The summed E-state index contributed by atoms with van der Waals surface area (Å²) < 4.78 is 5.28. The van der Waals surface area contributed by atoms with Gasteiger partial charge in [0.15, 0.2) is 0 Å². The highest BCUT2D eigenvalue weighted by molar-refractivity contribution is 5.97. The van der Waals surface area contributed by atoms with E-state index in [1.54, 1.807) is 0 Å². The van der Waals surface area contributed by atoms with E-state index >= 15 is 0 Å². The van der Waals surface area contributed by atoms with Gasteiger partial charge in [0.05, 0.1) is 11.7 Å². The standard InChI is InChI=1S/C18H25N3O5.CH4/c19-12-5-8-15(16(23)11-12)17(24)20-9-10-21-18(25)26-14-4-2-1-3-13(22)6-7-14;/h2,4-5,8,11,13-14,22-23H,1,3,6-7,9-10,19H2,(H,20,24)(H,21,25);1H4/b4-2+;. The number of carbonyl (C=O) groups excluding carboxylic acids is 2. The van der Waals surface area contributed by atoms with Gasteiger partial charge in [0.1, 0.15) is 11.9 Å². The van der Waals surface area contributed by atoms with Crippen molar-refractivity contribution >= 4 is 17.7 Å². The van der Waals surface area contributed by atoms with Crippen molar-refractivity contribution in [3.63, 3.8) is 0 Å². The maximum absolute atomic E-state index is 12.0. The number of phenolic OH excluding ortho intramolecular Hbond substituents is 1. The van der Waals surface area contributed by atoms with Crippen molar-refractivity contribution in [1.29, 1.82) is 0 Å². The van der Waals surface area contributed by atoms with Crippen molar-refractivity contribution < 1.29 is 24.5 Å². The van der Waals surface area contributed by atoms with Gasteiger partial charge < -0.3 is 31.3 Å². The van der Waals surface area contributed by atoms with E-state index in [0.717, 1.165) is 12.8 Å². The molecular formula is C19H29N3O5. The van der Waals surface area contributed by atoms with E-state index in [-0.39, 0.29) is 44.0 Å². The number of allylic oxidation sites excluding steroid dienone is 1. The van der Waals surface area contributed by atoms with Crippen LogP contribution in [-0.2, 0) is 4.74 Å². The Bertz CT molecular complexity index is 663. The monoisotopic (exact) mass is 379 g/mol. The molecule has 1 aromatic carbocycles. The Labute approximate surface area is 159 Å². The molecule has 8 heteroatoms. The molecule has 2 atom stereocenters. The Balaban J connectivity index is 0.00000364. The fourth-order valence-electron chi connectivity index (χ4n) is 2.59. The minimum absolute atomic E-state index is 0. The molecule has 0 spiro atoms. The molecule has 1 aromatic rings. The summed E-state index contributed by atoms with van der Waals surface area (Å²) in [5.74, 6) is -0.664. The summed E-state index contributed by atoms with van der Waals surface area (Å²) in [6.07, 6.45) is 5.05. The maximum Gasteiger partial charge on any atom is 0.407 e. The van der Waals surface area contributed by atoms with E-state index in [0.29, 0.717) is 18.5 Å². The second-order valence-electron chi connectivity index (χ2n) is 6.14. The van der Waals surface area contributed by atoms with Crippen LogP contribution in [0.5, 0.6) is 5.75 Å². The highest BCUT2D eigenvalue weighted by Gasteiger charge is 2.16. The van der Waals surface area contributed by atoms with Crippen LogP contribution < -0.4 is 16.4 Å². The third-order valence-corrected chi connectivity index (χ3v) is 4.01. The van der Waals surface area contributed by atoms with Gasteiger partial charge >= 0.3 is 6.09 Å². The first-order valence-corrected chi connectivity index (χ1v) is 8.61. The van der Waals surface area contributed by atoms with Crippen LogP contribution in [0.4, 0.5) is 10.5 Å². The van der Waals surface area contributed by atoms with Gasteiger partial charge in [-0.05, 0) is 43.9 Å². The number of rotatable bonds is 5. The number of nitrogen functional groups attached to an aromatic ring is 1. The summed E-state index contributed by atoms with van der Waals surface area (Å²) in [5, 5.41) is 24.5. The van der Waals surface area contributed by atoms with Crippen LogP contribution in [0.3, 0.4) is 0 Å². The SMILES string of the molecule is C.Nc1ccc(C(=O)NCCNC(=O)OC2/C=C/CCC(O)CC2)c(O)c1. The number of hydrogen-bond donors (Lipinski definition) is 5. The number of nitrogens with one attached hydrogen (secondary N) is 2. The number of hydrogen-bond acceptors (Lipinski definition) is 6. The van der Waals surface area contributed by atoms with Crippen molar-refractivity contribution in [2.45, 2.75) is 45.3 Å². The van der Waals surface area contributed by atoms with Crippen molar-refractivity contribution in [2.24, 2.45) is 0 Å². The van der Waals surface area contributed by atoms with Gasteiger partial charge in [0.25, 0.3) is 5.91 Å². The fourth-order valence-corrected chi connectivity index (χ4v) is 2.59. The van der Waals surface area contributed by atoms with Crippen molar-refractivity contribution in [3.05, 3.63) is 35.9 Å². The minimum Gasteiger partial charge on any atom is -0.507 e. The topological polar surface area (TPSA) is 134 Å². The molecule has 0 bridgehead atoms. The van der Waals surface area contributed by atoms with Gasteiger partial charge in [-0.3, -0.25) is 4.79 Å². The Morgan fingerprint density at radius 3 is 2.67 bits per heavy atom. The molecule has 27 heavy (non-hydrogen) atoms. The van der Waals surface area contributed by atoms with E-state index in [4.69, 9.17) is 10.5 Å².